The lowest BCUT2D eigenvalue weighted by atomic mass is 9.79. The molecule has 0 saturated carbocycles. The van der Waals surface area contributed by atoms with Crippen molar-refractivity contribution in [1.29, 1.82) is 0 Å². The SMILES string of the molecule is Cc1cc(C(=O)N2CCC(N)C(C)(C)C2)c2c(=O)[nH]n(C)c2n1. The van der Waals surface area contributed by atoms with Gasteiger partial charge in [-0.25, -0.2) is 4.98 Å². The Balaban J connectivity index is 2.07. The molecule has 7 nitrogen and oxygen atoms in total. The summed E-state index contributed by atoms with van der Waals surface area (Å²) in [4.78, 5) is 31.4. The number of aryl methyl sites for hydroxylation is 2. The van der Waals surface area contributed by atoms with Crippen molar-refractivity contribution in [3.05, 3.63) is 27.7 Å². The Kier molecular flexibility index (Phi) is 3.55. The minimum atomic E-state index is -0.286. The fourth-order valence-corrected chi connectivity index (χ4v) is 3.27. The Morgan fingerprint density at radius 1 is 1.48 bits per heavy atom. The van der Waals surface area contributed by atoms with E-state index in [9.17, 15) is 9.59 Å². The summed E-state index contributed by atoms with van der Waals surface area (Å²) in [5, 5.41) is 3.03. The number of pyridine rings is 1. The number of aromatic amines is 1. The Bertz CT molecular complexity index is 833. The minimum absolute atomic E-state index is 0.0749. The van der Waals surface area contributed by atoms with Gasteiger partial charge in [-0.1, -0.05) is 13.8 Å². The van der Waals surface area contributed by atoms with Crippen molar-refractivity contribution in [2.24, 2.45) is 18.2 Å². The average molecular weight is 317 g/mol. The van der Waals surface area contributed by atoms with E-state index < -0.39 is 0 Å². The van der Waals surface area contributed by atoms with Crippen molar-refractivity contribution in [3.63, 3.8) is 0 Å². The summed E-state index contributed by atoms with van der Waals surface area (Å²) in [5.74, 6) is -0.128. The Labute approximate surface area is 134 Å². The number of nitrogens with zero attached hydrogens (tertiary/aromatic N) is 3. The highest BCUT2D eigenvalue weighted by Gasteiger charge is 2.36. The molecule has 1 aliphatic heterocycles. The molecule has 23 heavy (non-hydrogen) atoms. The number of nitrogens with one attached hydrogen (secondary N) is 1. The van der Waals surface area contributed by atoms with Gasteiger partial charge in [-0.15, -0.1) is 0 Å². The molecule has 0 aromatic carbocycles. The maximum atomic E-state index is 13.0. The van der Waals surface area contributed by atoms with Crippen molar-refractivity contribution in [2.45, 2.75) is 33.2 Å². The maximum absolute atomic E-state index is 13.0. The second-order valence-corrected chi connectivity index (χ2v) is 7.12. The Morgan fingerprint density at radius 3 is 2.83 bits per heavy atom. The number of piperidine rings is 1. The first-order valence-corrected chi connectivity index (χ1v) is 7.82. The van der Waals surface area contributed by atoms with Gasteiger partial charge >= 0.3 is 0 Å². The highest BCUT2D eigenvalue weighted by Crippen LogP contribution is 2.29. The molecule has 2 aromatic heterocycles. The van der Waals surface area contributed by atoms with Gasteiger partial charge in [0.15, 0.2) is 5.65 Å². The fourth-order valence-electron chi connectivity index (χ4n) is 3.27. The Hall–Kier alpha value is -2.15. The largest absolute Gasteiger partial charge is 0.338 e. The van der Waals surface area contributed by atoms with Crippen LogP contribution >= 0.6 is 0 Å². The van der Waals surface area contributed by atoms with Crippen LogP contribution in [0.3, 0.4) is 0 Å². The first-order chi connectivity index (χ1) is 10.7. The summed E-state index contributed by atoms with van der Waals surface area (Å²) in [7, 11) is 1.72. The van der Waals surface area contributed by atoms with Crippen molar-refractivity contribution >= 4 is 16.9 Å². The van der Waals surface area contributed by atoms with Crippen molar-refractivity contribution < 1.29 is 4.79 Å². The molecule has 2 aromatic rings. The smallest absolute Gasteiger partial charge is 0.274 e. The summed E-state index contributed by atoms with van der Waals surface area (Å²) < 4.78 is 1.55. The van der Waals surface area contributed by atoms with Gasteiger partial charge in [-0.2, -0.15) is 0 Å². The molecule has 3 heterocycles. The van der Waals surface area contributed by atoms with Crippen molar-refractivity contribution in [2.75, 3.05) is 13.1 Å². The van der Waals surface area contributed by atoms with Gasteiger partial charge in [0.2, 0.25) is 0 Å². The molecule has 1 saturated heterocycles. The van der Waals surface area contributed by atoms with Gasteiger partial charge in [0, 0.05) is 31.9 Å². The third kappa shape index (κ3) is 2.55. The fraction of sp³-hybridized carbons (Fsp3) is 0.562. The molecular formula is C16H23N5O2. The van der Waals surface area contributed by atoms with E-state index in [4.69, 9.17) is 5.73 Å². The number of carbonyl (C=O) groups excluding carboxylic acids is 1. The molecule has 0 aliphatic carbocycles. The van der Waals surface area contributed by atoms with Gasteiger partial charge in [0.25, 0.3) is 11.5 Å². The molecule has 1 atom stereocenters. The van der Waals surface area contributed by atoms with Crippen molar-refractivity contribution in [3.8, 4) is 0 Å². The van der Waals surface area contributed by atoms with Crippen molar-refractivity contribution in [1.82, 2.24) is 19.7 Å². The zero-order chi connectivity index (χ0) is 16.9. The first kappa shape index (κ1) is 15.7. The Morgan fingerprint density at radius 2 is 2.17 bits per heavy atom. The standard InChI is InChI=1S/C16H23N5O2/c1-9-7-10(12-13(18-9)20(4)19-14(12)22)15(23)21-6-5-11(17)16(2,3)8-21/h7,11H,5-6,8,17H2,1-4H3,(H,19,22). The van der Waals surface area contributed by atoms with Crippen LogP contribution in [0.2, 0.25) is 0 Å². The lowest BCUT2D eigenvalue weighted by molar-refractivity contribution is 0.0534. The number of rotatable bonds is 1. The molecule has 1 unspecified atom stereocenters. The number of aromatic nitrogens is 3. The second kappa shape index (κ2) is 5.19. The third-order valence-electron chi connectivity index (χ3n) is 4.77. The molecule has 3 rings (SSSR count). The quantitative estimate of drug-likeness (QED) is 0.812. The lowest BCUT2D eigenvalue weighted by Gasteiger charge is -2.42. The lowest BCUT2D eigenvalue weighted by Crippen LogP contribution is -2.54. The zero-order valence-electron chi connectivity index (χ0n) is 14.0. The third-order valence-corrected chi connectivity index (χ3v) is 4.77. The van der Waals surface area contributed by atoms with Crippen LogP contribution in [-0.2, 0) is 7.05 Å². The number of carbonyl (C=O) groups is 1. The van der Waals surface area contributed by atoms with Gasteiger partial charge in [-0.3, -0.25) is 19.4 Å². The van der Waals surface area contributed by atoms with Crippen LogP contribution in [0.1, 0.15) is 36.3 Å². The molecular weight excluding hydrogens is 294 g/mol. The molecule has 124 valence electrons. The molecule has 1 aliphatic rings. The van der Waals surface area contributed by atoms with E-state index in [0.29, 0.717) is 35.4 Å². The summed E-state index contributed by atoms with van der Waals surface area (Å²) in [6.07, 6.45) is 0.761. The highest BCUT2D eigenvalue weighted by molar-refractivity contribution is 6.05. The highest BCUT2D eigenvalue weighted by atomic mass is 16.2. The number of nitrogens with two attached hydrogens (primary N) is 1. The van der Waals surface area contributed by atoms with E-state index in [-0.39, 0.29) is 22.9 Å². The van der Waals surface area contributed by atoms with Crippen LogP contribution in [-0.4, -0.2) is 44.7 Å². The van der Waals surface area contributed by atoms with Crippen LogP contribution in [0, 0.1) is 12.3 Å². The molecule has 1 amide bonds. The van der Waals surface area contributed by atoms with Gasteiger partial charge < -0.3 is 10.6 Å². The van der Waals surface area contributed by atoms with Gasteiger partial charge in [0.1, 0.15) is 0 Å². The number of amides is 1. The molecule has 0 radical (unpaired) electrons. The predicted octanol–water partition coefficient (Wildman–Crippen LogP) is 0.769. The molecule has 3 N–H and O–H groups in total. The van der Waals surface area contributed by atoms with Gasteiger partial charge in [-0.05, 0) is 24.8 Å². The normalized spacial score (nSPS) is 20.9. The summed E-state index contributed by atoms with van der Waals surface area (Å²) in [6, 6.07) is 1.77. The van der Waals surface area contributed by atoms with E-state index in [1.165, 1.54) is 0 Å². The minimum Gasteiger partial charge on any atom is -0.338 e. The molecule has 1 fully saturated rings. The van der Waals surface area contributed by atoms with Crippen LogP contribution in [0.15, 0.2) is 10.9 Å². The monoisotopic (exact) mass is 317 g/mol. The molecule has 7 heteroatoms. The zero-order valence-corrected chi connectivity index (χ0v) is 14.0. The van der Waals surface area contributed by atoms with Crippen LogP contribution in [0.4, 0.5) is 0 Å². The van der Waals surface area contributed by atoms with Crippen LogP contribution < -0.4 is 11.3 Å². The number of fused-ring (bicyclic) bond motifs is 1. The average Bonchev–Trinajstić information content (AvgIpc) is 2.75. The number of H-pyrrole nitrogens is 1. The van der Waals surface area contributed by atoms with E-state index in [0.717, 1.165) is 6.42 Å². The second-order valence-electron chi connectivity index (χ2n) is 7.12. The van der Waals surface area contributed by atoms with Crippen LogP contribution in [0.5, 0.6) is 0 Å². The maximum Gasteiger partial charge on any atom is 0.274 e. The predicted molar refractivity (Wildman–Crippen MR) is 88.3 cm³/mol. The van der Waals surface area contributed by atoms with E-state index in [1.807, 2.05) is 6.92 Å². The van der Waals surface area contributed by atoms with E-state index in [1.54, 1.807) is 22.7 Å². The van der Waals surface area contributed by atoms with E-state index >= 15 is 0 Å². The van der Waals surface area contributed by atoms with Gasteiger partial charge in [0.05, 0.1) is 10.9 Å². The summed E-state index contributed by atoms with van der Waals surface area (Å²) >= 11 is 0. The summed E-state index contributed by atoms with van der Waals surface area (Å²) in [5.41, 5.74) is 7.36. The number of hydrogen-bond donors (Lipinski definition) is 2. The number of hydrogen-bond acceptors (Lipinski definition) is 4. The first-order valence-electron chi connectivity index (χ1n) is 7.82. The summed E-state index contributed by atoms with van der Waals surface area (Å²) in [6.45, 7) is 7.15. The number of likely N-dealkylation sites (tertiary alicyclic amines) is 1. The van der Waals surface area contributed by atoms with E-state index in [2.05, 4.69) is 23.9 Å². The topological polar surface area (TPSA) is 97.0 Å². The molecule has 0 spiro atoms. The molecule has 0 bridgehead atoms. The van der Waals surface area contributed by atoms with Crippen LogP contribution in [0.25, 0.3) is 11.0 Å².